The lowest BCUT2D eigenvalue weighted by molar-refractivity contribution is -0.154. The van der Waals surface area contributed by atoms with Crippen LogP contribution in [0.2, 0.25) is 0 Å². The molecule has 3 heterocycles. The number of carbonyl (C=O) groups is 3. The summed E-state index contributed by atoms with van der Waals surface area (Å²) in [7, 11) is 0. The van der Waals surface area contributed by atoms with Gasteiger partial charge >= 0.3 is 5.97 Å². The number of aliphatic hydroxyl groups is 1. The molecule has 8 heteroatoms. The minimum atomic E-state index is -0.832. The Morgan fingerprint density at radius 2 is 1.97 bits per heavy atom. The number of ether oxygens (including phenoxy) is 1. The van der Waals surface area contributed by atoms with Crippen molar-refractivity contribution < 1.29 is 24.2 Å². The van der Waals surface area contributed by atoms with Crippen molar-refractivity contribution in [3.63, 3.8) is 0 Å². The van der Waals surface area contributed by atoms with E-state index in [-0.39, 0.29) is 36.2 Å². The predicted molar refractivity (Wildman–Crippen MR) is 138 cm³/mol. The number of carbonyl (C=O) groups excluding carboxylic acids is 3. The second-order valence-corrected chi connectivity index (χ2v) is 11.6. The summed E-state index contributed by atoms with van der Waals surface area (Å²) in [5.41, 5.74) is 3.39. The first-order valence-electron chi connectivity index (χ1n) is 12.5. The highest BCUT2D eigenvalue weighted by Crippen LogP contribution is 2.67. The second kappa shape index (κ2) is 9.56. The molecule has 3 aliphatic rings. The van der Waals surface area contributed by atoms with Gasteiger partial charge in [0.25, 0.3) is 0 Å². The number of benzene rings is 2. The van der Waals surface area contributed by atoms with Gasteiger partial charge in [-0.25, -0.2) is 0 Å². The molecule has 0 aliphatic carbocycles. The van der Waals surface area contributed by atoms with Crippen molar-refractivity contribution in [2.24, 2.45) is 11.8 Å². The minimum absolute atomic E-state index is 0.0551. The van der Waals surface area contributed by atoms with Gasteiger partial charge in [-0.05, 0) is 56.4 Å². The van der Waals surface area contributed by atoms with Crippen LogP contribution in [0.1, 0.15) is 42.5 Å². The molecular formula is C28H32N2O5S. The molecule has 2 amide bonds. The third-order valence-electron chi connectivity index (χ3n) is 7.89. The molecule has 7 nitrogen and oxygen atoms in total. The molecule has 3 fully saturated rings. The van der Waals surface area contributed by atoms with Gasteiger partial charge in [-0.15, -0.1) is 11.8 Å². The van der Waals surface area contributed by atoms with Crippen LogP contribution >= 0.6 is 11.8 Å². The highest BCUT2D eigenvalue weighted by Gasteiger charge is 2.74. The van der Waals surface area contributed by atoms with E-state index in [0.29, 0.717) is 12.1 Å². The van der Waals surface area contributed by atoms with Crippen LogP contribution in [0.25, 0.3) is 0 Å². The number of esters is 1. The van der Waals surface area contributed by atoms with E-state index in [1.165, 1.54) is 0 Å². The summed E-state index contributed by atoms with van der Waals surface area (Å²) >= 11 is 1.59. The molecule has 3 saturated heterocycles. The summed E-state index contributed by atoms with van der Waals surface area (Å²) in [6.07, 6.45) is 1.40. The van der Waals surface area contributed by atoms with Gasteiger partial charge in [-0.3, -0.25) is 14.4 Å². The van der Waals surface area contributed by atoms with E-state index in [1.807, 2.05) is 62.4 Å². The number of hydrogen-bond donors (Lipinski definition) is 2. The van der Waals surface area contributed by atoms with Crippen molar-refractivity contribution in [3.05, 3.63) is 65.2 Å². The SMILES string of the molecule is CCOC(=O)[C@@H]1[C@H]2C(=O)N([C@H](CO)c3ccccc3)C(C(=O)Nc3cc(C)ccc3C)C23CC[C@H]1S3. The Hall–Kier alpha value is -2.84. The maximum Gasteiger partial charge on any atom is 0.310 e. The highest BCUT2D eigenvalue weighted by molar-refractivity contribution is 8.02. The summed E-state index contributed by atoms with van der Waals surface area (Å²) in [5, 5.41) is 13.5. The Kier molecular flexibility index (Phi) is 6.59. The molecule has 5 rings (SSSR count). The number of anilines is 1. The Morgan fingerprint density at radius 1 is 1.22 bits per heavy atom. The number of aliphatic hydroxyl groups excluding tert-OH is 1. The van der Waals surface area contributed by atoms with E-state index in [1.54, 1.807) is 23.6 Å². The Bertz CT molecular complexity index is 1190. The van der Waals surface area contributed by atoms with Gasteiger partial charge in [0.05, 0.1) is 35.8 Å². The van der Waals surface area contributed by atoms with Crippen LogP contribution < -0.4 is 5.32 Å². The summed E-state index contributed by atoms with van der Waals surface area (Å²) in [6, 6.07) is 13.6. The lowest BCUT2D eigenvalue weighted by atomic mass is 9.71. The van der Waals surface area contributed by atoms with E-state index >= 15 is 0 Å². The molecule has 3 aliphatic heterocycles. The number of hydrogen-bond acceptors (Lipinski definition) is 6. The Morgan fingerprint density at radius 3 is 2.67 bits per heavy atom. The number of rotatable bonds is 7. The van der Waals surface area contributed by atoms with Gasteiger partial charge in [0.1, 0.15) is 6.04 Å². The van der Waals surface area contributed by atoms with Gasteiger partial charge < -0.3 is 20.1 Å². The topological polar surface area (TPSA) is 95.9 Å². The zero-order valence-corrected chi connectivity index (χ0v) is 21.6. The van der Waals surface area contributed by atoms with Gasteiger partial charge in [0.2, 0.25) is 11.8 Å². The van der Waals surface area contributed by atoms with E-state index in [0.717, 1.165) is 23.1 Å². The van der Waals surface area contributed by atoms with Crippen molar-refractivity contribution in [3.8, 4) is 0 Å². The third kappa shape index (κ3) is 3.82. The molecule has 6 atom stereocenters. The van der Waals surface area contributed by atoms with Crippen LogP contribution in [0.5, 0.6) is 0 Å². The van der Waals surface area contributed by atoms with Gasteiger partial charge in [-0.2, -0.15) is 0 Å². The van der Waals surface area contributed by atoms with Gasteiger partial charge in [-0.1, -0.05) is 42.5 Å². The Balaban J connectivity index is 1.59. The quantitative estimate of drug-likeness (QED) is 0.555. The molecule has 2 unspecified atom stereocenters. The largest absolute Gasteiger partial charge is 0.466 e. The van der Waals surface area contributed by atoms with Crippen LogP contribution in [0, 0.1) is 25.7 Å². The van der Waals surface area contributed by atoms with Crippen molar-refractivity contribution in [1.82, 2.24) is 4.90 Å². The maximum atomic E-state index is 14.2. The smallest absolute Gasteiger partial charge is 0.310 e. The third-order valence-corrected chi connectivity index (χ3v) is 9.84. The van der Waals surface area contributed by atoms with Crippen LogP contribution in [0.4, 0.5) is 5.69 Å². The minimum Gasteiger partial charge on any atom is -0.466 e. The number of nitrogens with zero attached hydrogens (tertiary/aromatic N) is 1. The molecule has 0 saturated carbocycles. The maximum absolute atomic E-state index is 14.2. The molecule has 190 valence electrons. The zero-order chi connectivity index (χ0) is 25.6. The number of aryl methyl sites for hydroxylation is 2. The molecule has 2 bridgehead atoms. The van der Waals surface area contributed by atoms with Crippen LogP contribution in [-0.4, -0.2) is 57.0 Å². The fraction of sp³-hybridized carbons (Fsp3) is 0.464. The monoisotopic (exact) mass is 508 g/mol. The van der Waals surface area contributed by atoms with E-state index in [9.17, 15) is 19.5 Å². The van der Waals surface area contributed by atoms with Crippen LogP contribution in [0.3, 0.4) is 0 Å². The van der Waals surface area contributed by atoms with E-state index in [4.69, 9.17) is 4.74 Å². The van der Waals surface area contributed by atoms with Gasteiger partial charge in [0.15, 0.2) is 0 Å². The molecule has 2 N–H and O–H groups in total. The molecule has 0 radical (unpaired) electrons. The summed E-state index contributed by atoms with van der Waals surface area (Å²) in [6.45, 7) is 5.56. The van der Waals surface area contributed by atoms with Crippen LogP contribution in [-0.2, 0) is 19.1 Å². The second-order valence-electron chi connectivity index (χ2n) is 9.97. The van der Waals surface area contributed by atoms with Gasteiger partial charge in [0, 0.05) is 10.9 Å². The average Bonchev–Trinajstić information content (AvgIpc) is 3.50. The fourth-order valence-electron chi connectivity index (χ4n) is 6.33. The molecule has 36 heavy (non-hydrogen) atoms. The fourth-order valence-corrected chi connectivity index (χ4v) is 8.53. The normalized spacial score (nSPS) is 29.2. The number of likely N-dealkylation sites (tertiary alicyclic amines) is 1. The molecular weight excluding hydrogens is 476 g/mol. The number of thioether (sulfide) groups is 1. The first kappa shape index (κ1) is 24.8. The molecule has 0 aromatic heterocycles. The lowest BCUT2D eigenvalue weighted by Gasteiger charge is -2.37. The lowest BCUT2D eigenvalue weighted by Crippen LogP contribution is -2.52. The standard InChI is InChI=1S/C28H32N2O5S/c1-4-35-27(34)22-21-12-13-28(36-21)23(22)26(33)30(20(15-31)18-8-6-5-7-9-18)24(28)25(32)29-19-14-16(2)10-11-17(19)3/h5-11,14,20-24,31H,4,12-13,15H2,1-3H3,(H,29,32)/t20-,21-,22+,23+,24?,28?/m1/s1. The first-order chi connectivity index (χ1) is 17.3. The summed E-state index contributed by atoms with van der Waals surface area (Å²) in [4.78, 5) is 42.9. The average molecular weight is 509 g/mol. The highest BCUT2D eigenvalue weighted by atomic mass is 32.2. The van der Waals surface area contributed by atoms with Crippen molar-refractivity contribution in [2.45, 2.75) is 55.7 Å². The van der Waals surface area contributed by atoms with Crippen molar-refractivity contribution in [1.29, 1.82) is 0 Å². The summed E-state index contributed by atoms with van der Waals surface area (Å²) < 4.78 is 4.64. The van der Waals surface area contributed by atoms with E-state index in [2.05, 4.69) is 5.32 Å². The predicted octanol–water partition coefficient (Wildman–Crippen LogP) is 3.63. The zero-order valence-electron chi connectivity index (χ0n) is 20.8. The number of nitrogens with one attached hydrogen (secondary N) is 1. The number of amides is 2. The molecule has 1 spiro atoms. The van der Waals surface area contributed by atoms with Crippen molar-refractivity contribution in [2.75, 3.05) is 18.5 Å². The van der Waals surface area contributed by atoms with Crippen molar-refractivity contribution >= 4 is 35.2 Å². The molecule has 2 aromatic carbocycles. The summed E-state index contributed by atoms with van der Waals surface area (Å²) in [5.74, 6) is -2.16. The first-order valence-corrected chi connectivity index (χ1v) is 13.4. The van der Waals surface area contributed by atoms with E-state index < -0.39 is 28.7 Å². The van der Waals surface area contributed by atoms with Crippen LogP contribution in [0.15, 0.2) is 48.5 Å². The number of fused-ring (bicyclic) bond motifs is 1. The Labute approximate surface area is 215 Å². The molecule has 2 aromatic rings.